The minimum absolute atomic E-state index is 0.147. The maximum absolute atomic E-state index is 13.5. The van der Waals surface area contributed by atoms with E-state index >= 15 is 0 Å². The zero-order chi connectivity index (χ0) is 26.4. The van der Waals surface area contributed by atoms with Gasteiger partial charge in [0.25, 0.3) is 0 Å². The Morgan fingerprint density at radius 1 is 1.14 bits per heavy atom. The summed E-state index contributed by atoms with van der Waals surface area (Å²) in [5, 5.41) is 16.1. The van der Waals surface area contributed by atoms with Gasteiger partial charge >= 0.3 is 0 Å². The smallest absolute Gasteiger partial charge is 0.247 e. The van der Waals surface area contributed by atoms with Crippen LogP contribution in [-0.2, 0) is 22.7 Å². The van der Waals surface area contributed by atoms with Crippen molar-refractivity contribution in [1.29, 1.82) is 0 Å². The molecule has 37 heavy (non-hydrogen) atoms. The van der Waals surface area contributed by atoms with Crippen LogP contribution in [0.2, 0.25) is 5.02 Å². The highest BCUT2D eigenvalue weighted by Crippen LogP contribution is 2.30. The van der Waals surface area contributed by atoms with Crippen LogP contribution in [0.4, 0.5) is 0 Å². The number of halogens is 1. The Morgan fingerprint density at radius 2 is 1.86 bits per heavy atom. The number of carbonyl (C=O) groups excluding carboxylic acids is 2. The van der Waals surface area contributed by atoms with Gasteiger partial charge in [0.05, 0.1) is 14.2 Å². The number of ether oxygens (including phenoxy) is 2. The Hall–Kier alpha value is -3.66. The molecule has 1 aliphatic carbocycles. The first-order valence-corrected chi connectivity index (χ1v) is 12.6. The molecule has 1 aliphatic rings. The molecule has 0 aliphatic heterocycles. The molecule has 11 heteroatoms. The molecule has 0 spiro atoms. The number of hydrogen-bond acceptors (Lipinski definition) is 7. The van der Waals surface area contributed by atoms with E-state index in [-0.39, 0.29) is 30.9 Å². The van der Waals surface area contributed by atoms with E-state index in [1.807, 2.05) is 18.2 Å². The van der Waals surface area contributed by atoms with E-state index in [1.54, 1.807) is 45.4 Å². The highest BCUT2D eigenvalue weighted by Gasteiger charge is 2.29. The van der Waals surface area contributed by atoms with Gasteiger partial charge in [-0.1, -0.05) is 42.6 Å². The molecule has 1 aromatic heterocycles. The molecule has 196 valence electrons. The number of methoxy groups -OCH3 is 2. The van der Waals surface area contributed by atoms with Crippen LogP contribution in [0, 0.1) is 0 Å². The fourth-order valence-corrected chi connectivity index (χ4v) is 4.59. The number of aromatic nitrogens is 4. The molecule has 0 saturated heterocycles. The second kappa shape index (κ2) is 12.1. The predicted octanol–water partition coefficient (Wildman–Crippen LogP) is 3.49. The first-order valence-electron chi connectivity index (χ1n) is 12.2. The van der Waals surface area contributed by atoms with Crippen molar-refractivity contribution in [3.8, 4) is 22.9 Å². The van der Waals surface area contributed by atoms with Gasteiger partial charge in [-0.15, -0.1) is 10.2 Å². The summed E-state index contributed by atoms with van der Waals surface area (Å²) in [6.45, 7) is 1.71. The molecule has 1 atom stereocenters. The van der Waals surface area contributed by atoms with Crippen LogP contribution >= 0.6 is 11.6 Å². The standard InChI is InChI=1S/C26H31ClN6O4/c1-17(26(35)28-20-9-5-6-10-20)32(15-19-8-4-7-11-21(19)27)24(34)16-33-30-25(29-31-33)18-12-13-22(36-2)23(14-18)37-3/h4,7-8,11-14,17,20H,5-6,9-10,15-16H2,1-3H3,(H,28,35). The average molecular weight is 527 g/mol. The highest BCUT2D eigenvalue weighted by atomic mass is 35.5. The molecule has 1 heterocycles. The van der Waals surface area contributed by atoms with E-state index in [2.05, 4.69) is 20.7 Å². The van der Waals surface area contributed by atoms with Crippen molar-refractivity contribution in [3.05, 3.63) is 53.1 Å². The van der Waals surface area contributed by atoms with E-state index in [4.69, 9.17) is 21.1 Å². The van der Waals surface area contributed by atoms with Gasteiger partial charge in [-0.3, -0.25) is 9.59 Å². The van der Waals surface area contributed by atoms with Gasteiger partial charge in [-0.2, -0.15) is 4.80 Å². The zero-order valence-corrected chi connectivity index (χ0v) is 21.9. The number of amides is 2. The van der Waals surface area contributed by atoms with Gasteiger partial charge in [0.15, 0.2) is 11.5 Å². The monoisotopic (exact) mass is 526 g/mol. The normalized spacial score (nSPS) is 14.3. The van der Waals surface area contributed by atoms with Gasteiger partial charge in [-0.25, -0.2) is 0 Å². The van der Waals surface area contributed by atoms with E-state index in [9.17, 15) is 9.59 Å². The van der Waals surface area contributed by atoms with Gasteiger partial charge < -0.3 is 19.7 Å². The lowest BCUT2D eigenvalue weighted by Crippen LogP contribution is -2.50. The molecule has 2 aromatic carbocycles. The third-order valence-corrected chi connectivity index (χ3v) is 6.91. The van der Waals surface area contributed by atoms with Crippen LogP contribution in [0.1, 0.15) is 38.2 Å². The summed E-state index contributed by atoms with van der Waals surface area (Å²) in [5.41, 5.74) is 1.41. The summed E-state index contributed by atoms with van der Waals surface area (Å²) in [5.74, 6) is 0.919. The zero-order valence-electron chi connectivity index (χ0n) is 21.2. The number of hydrogen-bond donors (Lipinski definition) is 1. The molecule has 0 radical (unpaired) electrons. The summed E-state index contributed by atoms with van der Waals surface area (Å²) in [4.78, 5) is 29.3. The predicted molar refractivity (Wildman–Crippen MR) is 138 cm³/mol. The molecular weight excluding hydrogens is 496 g/mol. The Morgan fingerprint density at radius 3 is 2.57 bits per heavy atom. The van der Waals surface area contributed by atoms with Crippen molar-refractivity contribution in [2.24, 2.45) is 0 Å². The number of tetrazole rings is 1. The summed E-state index contributed by atoms with van der Waals surface area (Å²) in [6.07, 6.45) is 4.11. The van der Waals surface area contributed by atoms with Gasteiger partial charge in [-0.05, 0) is 54.8 Å². The molecule has 2 amide bonds. The molecule has 4 rings (SSSR count). The Kier molecular flexibility index (Phi) is 8.60. The van der Waals surface area contributed by atoms with Crippen molar-refractivity contribution in [2.75, 3.05) is 14.2 Å². The van der Waals surface area contributed by atoms with Crippen molar-refractivity contribution in [1.82, 2.24) is 30.4 Å². The highest BCUT2D eigenvalue weighted by molar-refractivity contribution is 6.31. The lowest BCUT2D eigenvalue weighted by Gasteiger charge is -2.29. The summed E-state index contributed by atoms with van der Waals surface area (Å²) in [6, 6.07) is 12.0. The lowest BCUT2D eigenvalue weighted by molar-refractivity contribution is -0.141. The molecule has 1 unspecified atom stereocenters. The van der Waals surface area contributed by atoms with Crippen molar-refractivity contribution < 1.29 is 19.1 Å². The van der Waals surface area contributed by atoms with E-state index in [0.717, 1.165) is 31.2 Å². The van der Waals surface area contributed by atoms with Crippen LogP contribution in [0.3, 0.4) is 0 Å². The minimum atomic E-state index is -0.710. The largest absolute Gasteiger partial charge is 0.493 e. The van der Waals surface area contributed by atoms with Crippen LogP contribution in [0.15, 0.2) is 42.5 Å². The first kappa shape index (κ1) is 26.4. The molecular formula is C26H31ClN6O4. The van der Waals surface area contributed by atoms with E-state index in [0.29, 0.717) is 27.9 Å². The number of benzene rings is 2. The Balaban J connectivity index is 1.52. The Bertz CT molecular complexity index is 1240. The van der Waals surface area contributed by atoms with Crippen LogP contribution < -0.4 is 14.8 Å². The molecule has 1 fully saturated rings. The minimum Gasteiger partial charge on any atom is -0.493 e. The van der Waals surface area contributed by atoms with Crippen molar-refractivity contribution in [3.63, 3.8) is 0 Å². The number of nitrogens with zero attached hydrogens (tertiary/aromatic N) is 5. The maximum Gasteiger partial charge on any atom is 0.247 e. The van der Waals surface area contributed by atoms with E-state index in [1.165, 1.54) is 9.70 Å². The van der Waals surface area contributed by atoms with E-state index < -0.39 is 6.04 Å². The van der Waals surface area contributed by atoms with Crippen molar-refractivity contribution in [2.45, 2.75) is 57.8 Å². The second-order valence-electron chi connectivity index (χ2n) is 8.99. The van der Waals surface area contributed by atoms with Gasteiger partial charge in [0.2, 0.25) is 17.6 Å². The van der Waals surface area contributed by atoms with Crippen LogP contribution in [0.25, 0.3) is 11.4 Å². The maximum atomic E-state index is 13.5. The third kappa shape index (κ3) is 6.37. The van der Waals surface area contributed by atoms with Crippen LogP contribution in [-0.4, -0.2) is 63.2 Å². The van der Waals surface area contributed by atoms with Gasteiger partial charge in [0.1, 0.15) is 12.6 Å². The summed E-state index contributed by atoms with van der Waals surface area (Å²) >= 11 is 6.37. The molecule has 0 bridgehead atoms. The summed E-state index contributed by atoms with van der Waals surface area (Å²) in [7, 11) is 3.10. The number of carbonyl (C=O) groups is 2. The average Bonchev–Trinajstić information content (AvgIpc) is 3.59. The number of rotatable bonds is 10. The molecule has 1 saturated carbocycles. The first-order chi connectivity index (χ1) is 17.9. The lowest BCUT2D eigenvalue weighted by atomic mass is 10.1. The molecule has 1 N–H and O–H groups in total. The van der Waals surface area contributed by atoms with Crippen molar-refractivity contribution >= 4 is 23.4 Å². The fraction of sp³-hybridized carbons (Fsp3) is 0.423. The van der Waals surface area contributed by atoms with Crippen LogP contribution in [0.5, 0.6) is 11.5 Å². The van der Waals surface area contributed by atoms with Gasteiger partial charge in [0, 0.05) is 23.2 Å². The SMILES string of the molecule is COc1ccc(-c2nnn(CC(=O)N(Cc3ccccc3Cl)C(C)C(=O)NC3CCCC3)n2)cc1OC. The quantitative estimate of drug-likeness (QED) is 0.430. The second-order valence-corrected chi connectivity index (χ2v) is 9.40. The topological polar surface area (TPSA) is 111 Å². The Labute approximate surface area is 220 Å². The molecule has 10 nitrogen and oxygen atoms in total. The summed E-state index contributed by atoms with van der Waals surface area (Å²) < 4.78 is 10.6. The molecule has 3 aromatic rings. The number of nitrogens with one attached hydrogen (secondary N) is 1. The fourth-order valence-electron chi connectivity index (χ4n) is 4.40. The third-order valence-electron chi connectivity index (χ3n) is 6.54.